The van der Waals surface area contributed by atoms with E-state index in [0.717, 1.165) is 5.69 Å². The lowest BCUT2D eigenvalue weighted by Gasteiger charge is -2.33. The van der Waals surface area contributed by atoms with E-state index in [4.69, 9.17) is 16.3 Å². The van der Waals surface area contributed by atoms with Gasteiger partial charge >= 0.3 is 0 Å². The zero-order valence-corrected chi connectivity index (χ0v) is 17.1. The highest BCUT2D eigenvalue weighted by atomic mass is 35.5. The largest absolute Gasteiger partial charge is 0.466 e. The Hall–Kier alpha value is -3.07. The second kappa shape index (κ2) is 8.12. The Morgan fingerprint density at radius 1 is 1.28 bits per heavy atom. The van der Waals surface area contributed by atoms with Gasteiger partial charge in [0.15, 0.2) is 0 Å². The molecule has 1 aromatic heterocycles. The molecule has 0 saturated carbocycles. The quantitative estimate of drug-likeness (QED) is 0.483. The van der Waals surface area contributed by atoms with Gasteiger partial charge in [-0.15, -0.1) is 0 Å². The second-order valence-electron chi connectivity index (χ2n) is 6.89. The molecule has 0 saturated heterocycles. The molecule has 154 valence electrons. The fourth-order valence-electron chi connectivity index (χ4n) is 2.77. The summed E-state index contributed by atoms with van der Waals surface area (Å²) in [6.07, 6.45) is 0.479. The number of rotatable bonds is 6. The van der Waals surface area contributed by atoms with Crippen LogP contribution in [0.1, 0.15) is 29.5 Å². The lowest BCUT2D eigenvalue weighted by Crippen LogP contribution is -2.58. The molecule has 0 radical (unpaired) electrons. The van der Waals surface area contributed by atoms with Crippen molar-refractivity contribution in [3.8, 4) is 5.75 Å². The summed E-state index contributed by atoms with van der Waals surface area (Å²) in [5.41, 5.74) is -0.0617. The number of anilines is 1. The van der Waals surface area contributed by atoms with Gasteiger partial charge in [0.25, 0.3) is 23.3 Å². The highest BCUT2D eigenvalue weighted by molar-refractivity contribution is 6.31. The smallest absolute Gasteiger partial charge is 0.278 e. The number of ether oxygens (including phenoxy) is 1. The Morgan fingerprint density at radius 3 is 2.69 bits per heavy atom. The molecule has 10 heteroatoms. The van der Waals surface area contributed by atoms with Crippen molar-refractivity contribution in [2.45, 2.75) is 25.9 Å². The van der Waals surface area contributed by atoms with Crippen LogP contribution in [0.25, 0.3) is 0 Å². The molecule has 1 aliphatic heterocycles. The van der Waals surface area contributed by atoms with E-state index < -0.39 is 17.4 Å². The summed E-state index contributed by atoms with van der Waals surface area (Å²) in [4.78, 5) is 37.0. The molecule has 2 heterocycles. The minimum absolute atomic E-state index is 0.264. The van der Waals surface area contributed by atoms with Gasteiger partial charge in [-0.05, 0) is 44.5 Å². The highest BCUT2D eigenvalue weighted by Gasteiger charge is 2.47. The molecule has 0 aliphatic carbocycles. The maximum atomic E-state index is 12.5. The number of nitrogens with zero attached hydrogens (tertiary/aromatic N) is 2. The summed E-state index contributed by atoms with van der Waals surface area (Å²) in [7, 11) is 1.76. The first-order valence-electron chi connectivity index (χ1n) is 9.08. The van der Waals surface area contributed by atoms with Crippen molar-refractivity contribution in [2.24, 2.45) is 7.05 Å². The van der Waals surface area contributed by atoms with Gasteiger partial charge in [0.05, 0.1) is 5.69 Å². The third kappa shape index (κ3) is 4.34. The monoisotopic (exact) mass is 419 g/mol. The number of halogens is 1. The normalized spacial score (nSPS) is 17.7. The van der Waals surface area contributed by atoms with Crippen molar-refractivity contribution in [3.63, 3.8) is 0 Å². The molecule has 3 rings (SSSR count). The Bertz CT molecular complexity index is 954. The van der Waals surface area contributed by atoms with Crippen LogP contribution in [0.3, 0.4) is 0 Å². The number of fused-ring (bicyclic) bond motifs is 1. The van der Waals surface area contributed by atoms with Crippen molar-refractivity contribution in [1.29, 1.82) is 0 Å². The Morgan fingerprint density at radius 2 is 2.00 bits per heavy atom. The van der Waals surface area contributed by atoms with Gasteiger partial charge in [0, 0.05) is 30.9 Å². The van der Waals surface area contributed by atoms with Gasteiger partial charge < -0.3 is 20.7 Å². The third-order valence-corrected chi connectivity index (χ3v) is 4.88. The first-order chi connectivity index (χ1) is 13.7. The van der Waals surface area contributed by atoms with Crippen LogP contribution in [0.15, 0.2) is 24.3 Å². The van der Waals surface area contributed by atoms with Gasteiger partial charge in [-0.25, -0.2) is 0 Å². The number of aryl methyl sites for hydroxylation is 2. The summed E-state index contributed by atoms with van der Waals surface area (Å²) < 4.78 is 7.27. The average molecular weight is 420 g/mol. The van der Waals surface area contributed by atoms with Crippen molar-refractivity contribution in [2.75, 3.05) is 18.4 Å². The van der Waals surface area contributed by atoms with Gasteiger partial charge in [0.2, 0.25) is 0 Å². The molecule has 3 amide bonds. The van der Waals surface area contributed by atoms with Crippen molar-refractivity contribution >= 4 is 35.0 Å². The second-order valence-corrected chi connectivity index (χ2v) is 7.33. The molecule has 1 unspecified atom stereocenters. The maximum Gasteiger partial charge on any atom is 0.278 e. The molecule has 3 N–H and O–H groups in total. The van der Waals surface area contributed by atoms with E-state index in [1.807, 2.05) is 6.92 Å². The number of benzene rings is 1. The lowest BCUT2D eigenvalue weighted by atomic mass is 10.0. The van der Waals surface area contributed by atoms with Crippen molar-refractivity contribution in [3.05, 3.63) is 40.7 Å². The fourth-order valence-corrected chi connectivity index (χ4v) is 2.94. The molecule has 2 aromatic rings. The fraction of sp³-hybridized carbons (Fsp3) is 0.368. The molecule has 1 aromatic carbocycles. The van der Waals surface area contributed by atoms with Crippen LogP contribution in [-0.2, 0) is 16.6 Å². The van der Waals surface area contributed by atoms with Gasteiger partial charge in [-0.2, -0.15) is 5.10 Å². The van der Waals surface area contributed by atoms with Crippen molar-refractivity contribution in [1.82, 2.24) is 20.4 Å². The van der Waals surface area contributed by atoms with Crippen LogP contribution in [0.4, 0.5) is 5.69 Å². The van der Waals surface area contributed by atoms with Crippen LogP contribution in [0, 0.1) is 6.92 Å². The van der Waals surface area contributed by atoms with E-state index in [1.54, 1.807) is 36.0 Å². The van der Waals surface area contributed by atoms with Crippen LogP contribution in [0.2, 0.25) is 5.02 Å². The van der Waals surface area contributed by atoms with Crippen LogP contribution in [0.5, 0.6) is 5.75 Å². The topological polar surface area (TPSA) is 114 Å². The Labute approximate surface area is 172 Å². The molecule has 0 fully saturated rings. The lowest BCUT2D eigenvalue weighted by molar-refractivity contribution is -0.146. The van der Waals surface area contributed by atoms with Crippen molar-refractivity contribution < 1.29 is 19.1 Å². The number of amides is 3. The summed E-state index contributed by atoms with van der Waals surface area (Å²) >= 11 is 5.91. The first-order valence-corrected chi connectivity index (χ1v) is 9.45. The predicted molar refractivity (Wildman–Crippen MR) is 107 cm³/mol. The minimum Gasteiger partial charge on any atom is -0.466 e. The average Bonchev–Trinajstić information content (AvgIpc) is 3.01. The standard InChI is InChI=1S/C19H22ClN5O4/c1-11-9-14(24-25(11)3)16(26)21-7-4-8-22-17(27)19(2)18(28)23-13-10-12(20)5-6-15(13)29-19/h5-6,9-10H,4,7-8H2,1-3H3,(H,21,26)(H,22,27)(H,23,28). The Balaban J connectivity index is 1.48. The van der Waals surface area contributed by atoms with E-state index in [9.17, 15) is 14.4 Å². The number of hydrogen-bond acceptors (Lipinski definition) is 5. The zero-order valence-electron chi connectivity index (χ0n) is 16.3. The van der Waals surface area contributed by atoms with E-state index >= 15 is 0 Å². The molecular formula is C19H22ClN5O4. The number of carbonyl (C=O) groups is 3. The predicted octanol–water partition coefficient (Wildman–Crippen LogP) is 1.41. The summed E-state index contributed by atoms with van der Waals surface area (Å²) in [6.45, 7) is 3.87. The highest BCUT2D eigenvalue weighted by Crippen LogP contribution is 2.35. The van der Waals surface area contributed by atoms with Gasteiger partial charge in [0.1, 0.15) is 11.4 Å². The molecule has 0 bridgehead atoms. The number of hydrogen-bond donors (Lipinski definition) is 3. The number of aromatic nitrogens is 2. The molecule has 29 heavy (non-hydrogen) atoms. The SMILES string of the molecule is Cc1cc(C(=O)NCCCNC(=O)C2(C)Oc3ccc(Cl)cc3NC2=O)nn1C. The van der Waals surface area contributed by atoms with Gasteiger partial charge in [-0.1, -0.05) is 11.6 Å². The molecular weight excluding hydrogens is 398 g/mol. The number of carbonyl (C=O) groups excluding carboxylic acids is 3. The minimum atomic E-state index is -1.70. The zero-order chi connectivity index (χ0) is 21.2. The first kappa shape index (κ1) is 20.7. The van der Waals surface area contributed by atoms with Crippen LogP contribution >= 0.6 is 11.6 Å². The summed E-state index contributed by atoms with van der Waals surface area (Å²) in [6, 6.07) is 6.46. The van der Waals surface area contributed by atoms with E-state index in [1.165, 1.54) is 6.92 Å². The molecule has 1 aliphatic rings. The molecule has 9 nitrogen and oxygen atoms in total. The molecule has 1 atom stereocenters. The van der Waals surface area contributed by atoms with Crippen LogP contribution < -0.4 is 20.7 Å². The summed E-state index contributed by atoms with van der Waals surface area (Å²) in [5, 5.41) is 12.6. The third-order valence-electron chi connectivity index (χ3n) is 4.64. The van der Waals surface area contributed by atoms with E-state index in [0.29, 0.717) is 35.1 Å². The van der Waals surface area contributed by atoms with E-state index in [-0.39, 0.29) is 12.5 Å². The maximum absolute atomic E-state index is 12.5. The summed E-state index contributed by atoms with van der Waals surface area (Å²) in [5.74, 6) is -1.06. The van der Waals surface area contributed by atoms with Gasteiger partial charge in [-0.3, -0.25) is 19.1 Å². The Kier molecular flexibility index (Phi) is 5.78. The molecule has 0 spiro atoms. The number of nitrogens with one attached hydrogen (secondary N) is 3. The van der Waals surface area contributed by atoms with Crippen LogP contribution in [-0.4, -0.2) is 46.2 Å². The van der Waals surface area contributed by atoms with E-state index in [2.05, 4.69) is 21.0 Å².